The van der Waals surface area contributed by atoms with Crippen molar-refractivity contribution in [1.82, 2.24) is 14.7 Å². The van der Waals surface area contributed by atoms with Crippen molar-refractivity contribution in [2.75, 3.05) is 6.26 Å². The lowest BCUT2D eigenvalue weighted by atomic mass is 10.1. The number of halogens is 5. The van der Waals surface area contributed by atoms with Crippen molar-refractivity contribution in [3.63, 3.8) is 0 Å². The van der Waals surface area contributed by atoms with E-state index in [0.29, 0.717) is 11.3 Å². The Morgan fingerprint density at radius 3 is 2.54 bits per heavy atom. The molecule has 0 saturated heterocycles. The number of hydrogen-bond donors (Lipinski definition) is 0. The second-order valence-corrected chi connectivity index (χ2v) is 10.4. The van der Waals surface area contributed by atoms with E-state index in [1.807, 2.05) is 0 Å². The molecule has 4 rings (SSSR count). The second-order valence-electron chi connectivity index (χ2n) is 8.01. The normalized spacial score (nSPS) is 14.7. The van der Waals surface area contributed by atoms with Gasteiger partial charge in [-0.1, -0.05) is 17.7 Å². The lowest BCUT2D eigenvalue weighted by Gasteiger charge is -2.22. The number of rotatable bonds is 5. The topological polar surface area (TPSA) is 81.5 Å². The molecule has 0 aliphatic carbocycles. The minimum atomic E-state index is -4.70. The van der Waals surface area contributed by atoms with E-state index < -0.39 is 39.6 Å². The molecule has 1 aliphatic heterocycles. The van der Waals surface area contributed by atoms with Gasteiger partial charge in [-0.25, -0.2) is 17.5 Å². The van der Waals surface area contributed by atoms with Gasteiger partial charge in [0.15, 0.2) is 21.8 Å². The molecule has 1 amide bonds. The molecule has 0 bridgehead atoms. The summed E-state index contributed by atoms with van der Waals surface area (Å²) in [5, 5.41) is 4.22. The standard InChI is InChI=1S/C22H18ClF4N3O4S/c1-12(22(25,26)27)34-19-7-6-14(35(2,32)33)8-15(19)21(31)29-9-13-10-30(28-17(13)11-29)18-5-3-4-16(23)20(18)24/h3-8,10,12H,9,11H2,1-2H3. The summed E-state index contributed by atoms with van der Waals surface area (Å²) in [6.45, 7) is 0.774. The van der Waals surface area contributed by atoms with Crippen LogP contribution in [0, 0.1) is 5.82 Å². The Kier molecular flexibility index (Phi) is 6.30. The second kappa shape index (κ2) is 8.83. The molecule has 1 aromatic heterocycles. The summed E-state index contributed by atoms with van der Waals surface area (Å²) >= 11 is 5.82. The van der Waals surface area contributed by atoms with Crippen LogP contribution in [0.25, 0.3) is 5.69 Å². The number of carbonyl (C=O) groups is 1. The highest BCUT2D eigenvalue weighted by atomic mass is 35.5. The zero-order chi connectivity index (χ0) is 25.7. The van der Waals surface area contributed by atoms with E-state index in [4.69, 9.17) is 16.3 Å². The predicted molar refractivity (Wildman–Crippen MR) is 118 cm³/mol. The first-order valence-electron chi connectivity index (χ1n) is 10.1. The van der Waals surface area contributed by atoms with Gasteiger partial charge in [0.2, 0.25) is 0 Å². The third-order valence-corrected chi connectivity index (χ3v) is 6.82. The van der Waals surface area contributed by atoms with E-state index in [1.165, 1.54) is 27.9 Å². The number of fused-ring (bicyclic) bond motifs is 1. The quantitative estimate of drug-likeness (QED) is 0.451. The number of alkyl halides is 3. The van der Waals surface area contributed by atoms with Crippen LogP contribution < -0.4 is 4.74 Å². The minimum Gasteiger partial charge on any atom is -0.480 e. The van der Waals surface area contributed by atoms with Crippen LogP contribution in [0.2, 0.25) is 5.02 Å². The van der Waals surface area contributed by atoms with Gasteiger partial charge in [-0.15, -0.1) is 0 Å². The maximum atomic E-state index is 14.3. The maximum absolute atomic E-state index is 14.3. The Morgan fingerprint density at radius 2 is 1.91 bits per heavy atom. The van der Waals surface area contributed by atoms with Gasteiger partial charge in [0, 0.05) is 24.6 Å². The largest absolute Gasteiger partial charge is 0.480 e. The van der Waals surface area contributed by atoms with E-state index in [9.17, 15) is 30.8 Å². The molecule has 2 heterocycles. The summed E-state index contributed by atoms with van der Waals surface area (Å²) in [6, 6.07) is 7.53. The molecule has 1 aliphatic rings. The Bertz CT molecular complexity index is 1400. The summed E-state index contributed by atoms with van der Waals surface area (Å²) < 4.78 is 83.7. The van der Waals surface area contributed by atoms with Crippen LogP contribution in [-0.2, 0) is 22.9 Å². The molecule has 13 heteroatoms. The van der Waals surface area contributed by atoms with Gasteiger partial charge in [-0.2, -0.15) is 18.3 Å². The van der Waals surface area contributed by atoms with Crippen LogP contribution >= 0.6 is 11.6 Å². The van der Waals surface area contributed by atoms with Crippen molar-refractivity contribution in [2.45, 2.75) is 37.2 Å². The Labute approximate surface area is 202 Å². The van der Waals surface area contributed by atoms with E-state index in [-0.39, 0.29) is 34.3 Å². The van der Waals surface area contributed by atoms with Crippen LogP contribution in [0.3, 0.4) is 0 Å². The van der Waals surface area contributed by atoms with Crippen LogP contribution in [0.4, 0.5) is 17.6 Å². The van der Waals surface area contributed by atoms with Crippen molar-refractivity contribution < 1.29 is 35.5 Å². The molecular weight excluding hydrogens is 514 g/mol. The van der Waals surface area contributed by atoms with Gasteiger partial charge in [0.1, 0.15) is 11.4 Å². The van der Waals surface area contributed by atoms with Crippen molar-refractivity contribution in [3.05, 3.63) is 70.3 Å². The minimum absolute atomic E-state index is 0.0215. The van der Waals surface area contributed by atoms with E-state index in [0.717, 1.165) is 31.4 Å². The van der Waals surface area contributed by atoms with Crippen molar-refractivity contribution in [2.24, 2.45) is 0 Å². The van der Waals surface area contributed by atoms with Crippen molar-refractivity contribution in [1.29, 1.82) is 0 Å². The SMILES string of the molecule is CC(Oc1ccc(S(C)(=O)=O)cc1C(=O)N1Cc2cn(-c3cccc(Cl)c3F)nc2C1)C(F)(F)F. The Hall–Kier alpha value is -3.12. The molecule has 7 nitrogen and oxygen atoms in total. The highest BCUT2D eigenvalue weighted by molar-refractivity contribution is 7.90. The fraction of sp³-hybridized carbons (Fsp3) is 0.273. The molecular formula is C22H18ClF4N3O4S. The summed E-state index contributed by atoms with van der Waals surface area (Å²) in [6.07, 6.45) is -4.49. The van der Waals surface area contributed by atoms with Gasteiger partial charge >= 0.3 is 6.18 Å². The number of carbonyl (C=O) groups excluding carboxylic acids is 1. The summed E-state index contributed by atoms with van der Waals surface area (Å²) in [5.41, 5.74) is 0.816. The molecule has 0 fully saturated rings. The zero-order valence-electron chi connectivity index (χ0n) is 18.3. The zero-order valence-corrected chi connectivity index (χ0v) is 19.9. The summed E-state index contributed by atoms with van der Waals surface area (Å²) in [5.74, 6) is -1.80. The molecule has 0 saturated carbocycles. The van der Waals surface area contributed by atoms with Gasteiger partial charge in [-0.05, 0) is 37.3 Å². The lowest BCUT2D eigenvalue weighted by Crippen LogP contribution is -2.33. The third kappa shape index (κ3) is 4.98. The Morgan fingerprint density at radius 1 is 1.20 bits per heavy atom. The molecule has 0 N–H and O–H groups in total. The van der Waals surface area contributed by atoms with Gasteiger partial charge in [0.25, 0.3) is 5.91 Å². The third-order valence-electron chi connectivity index (χ3n) is 5.42. The van der Waals surface area contributed by atoms with Crippen LogP contribution in [0.5, 0.6) is 5.75 Å². The first-order chi connectivity index (χ1) is 16.3. The van der Waals surface area contributed by atoms with Crippen LogP contribution in [0.1, 0.15) is 28.5 Å². The molecule has 186 valence electrons. The first kappa shape index (κ1) is 25.0. The summed E-state index contributed by atoms with van der Waals surface area (Å²) in [7, 11) is -3.75. The number of aromatic nitrogens is 2. The average molecular weight is 532 g/mol. The molecule has 2 aromatic carbocycles. The van der Waals surface area contributed by atoms with Gasteiger partial charge in [0.05, 0.1) is 27.7 Å². The van der Waals surface area contributed by atoms with Crippen LogP contribution in [-0.4, -0.2) is 47.5 Å². The fourth-order valence-electron chi connectivity index (χ4n) is 3.53. The number of hydrogen-bond acceptors (Lipinski definition) is 5. The molecule has 35 heavy (non-hydrogen) atoms. The highest BCUT2D eigenvalue weighted by Crippen LogP contribution is 2.32. The number of benzene rings is 2. The van der Waals surface area contributed by atoms with Gasteiger partial charge in [-0.3, -0.25) is 4.79 Å². The smallest absolute Gasteiger partial charge is 0.425 e. The van der Waals surface area contributed by atoms with E-state index >= 15 is 0 Å². The molecule has 0 spiro atoms. The molecule has 3 aromatic rings. The Balaban J connectivity index is 1.63. The predicted octanol–water partition coefficient (Wildman–Crippen LogP) is 4.55. The van der Waals surface area contributed by atoms with E-state index in [2.05, 4.69) is 5.10 Å². The van der Waals surface area contributed by atoms with Crippen LogP contribution in [0.15, 0.2) is 47.5 Å². The average Bonchev–Trinajstić information content (AvgIpc) is 3.33. The fourth-order valence-corrected chi connectivity index (χ4v) is 4.34. The lowest BCUT2D eigenvalue weighted by molar-refractivity contribution is -0.189. The van der Waals surface area contributed by atoms with E-state index in [1.54, 1.807) is 6.07 Å². The highest BCUT2D eigenvalue weighted by Gasteiger charge is 2.39. The maximum Gasteiger partial charge on any atom is 0.425 e. The van der Waals surface area contributed by atoms with Crippen molar-refractivity contribution >= 4 is 27.3 Å². The van der Waals surface area contributed by atoms with Crippen molar-refractivity contribution in [3.8, 4) is 11.4 Å². The number of amides is 1. The monoisotopic (exact) mass is 531 g/mol. The molecule has 1 unspecified atom stereocenters. The first-order valence-corrected chi connectivity index (χ1v) is 12.4. The molecule has 0 radical (unpaired) electrons. The number of sulfone groups is 1. The number of nitrogens with zero attached hydrogens (tertiary/aromatic N) is 3. The summed E-state index contributed by atoms with van der Waals surface area (Å²) in [4.78, 5) is 14.3. The molecule has 1 atom stereocenters. The van der Waals surface area contributed by atoms with Gasteiger partial charge < -0.3 is 9.64 Å². The number of ether oxygens (including phenoxy) is 1.